The predicted molar refractivity (Wildman–Crippen MR) is 62.2 cm³/mol. The number of hydrogen-bond acceptors (Lipinski definition) is 6. The van der Waals surface area contributed by atoms with Gasteiger partial charge in [-0.05, 0) is 6.92 Å². The van der Waals surface area contributed by atoms with Crippen molar-refractivity contribution in [1.82, 2.24) is 14.7 Å². The van der Waals surface area contributed by atoms with E-state index in [0.29, 0.717) is 23.3 Å². The van der Waals surface area contributed by atoms with Crippen molar-refractivity contribution >= 4 is 17.1 Å². The molecule has 7 nitrogen and oxygen atoms in total. The number of fused-ring (bicyclic) bond motifs is 1. The summed E-state index contributed by atoms with van der Waals surface area (Å²) in [5, 5.41) is 4.01. The molecule has 0 saturated heterocycles. The highest BCUT2D eigenvalue weighted by atomic mass is 16.5. The maximum atomic E-state index is 12.3. The summed E-state index contributed by atoms with van der Waals surface area (Å²) in [6, 6.07) is 0. The molecule has 0 unspecified atom stereocenters. The zero-order valence-electron chi connectivity index (χ0n) is 10.4. The van der Waals surface area contributed by atoms with E-state index in [1.54, 1.807) is 6.92 Å². The highest BCUT2D eigenvalue weighted by Gasteiger charge is 2.17. The first kappa shape index (κ1) is 12.3. The Bertz CT molecular complexity index is 656. The standard InChI is InChI=1S/C11H13N3O4/c1-4-7-12-10-9(6(2)13-18-10)11(16)14(7)5-8(15)17-3/h4-5H2,1-3H3. The van der Waals surface area contributed by atoms with Crippen LogP contribution in [-0.2, 0) is 22.5 Å². The van der Waals surface area contributed by atoms with Gasteiger partial charge in [-0.15, -0.1) is 0 Å². The number of carbonyl (C=O) groups excluding carboxylic acids is 1. The highest BCUT2D eigenvalue weighted by Crippen LogP contribution is 2.12. The third-order valence-corrected chi connectivity index (χ3v) is 2.68. The lowest BCUT2D eigenvalue weighted by Gasteiger charge is -2.08. The molecular formula is C11H13N3O4. The smallest absolute Gasteiger partial charge is 0.325 e. The van der Waals surface area contributed by atoms with E-state index in [4.69, 9.17) is 4.52 Å². The Morgan fingerprint density at radius 2 is 2.22 bits per heavy atom. The fraction of sp³-hybridized carbons (Fsp3) is 0.455. The van der Waals surface area contributed by atoms with Crippen LogP contribution in [0, 0.1) is 6.92 Å². The van der Waals surface area contributed by atoms with E-state index in [9.17, 15) is 9.59 Å². The van der Waals surface area contributed by atoms with Crippen LogP contribution in [0.4, 0.5) is 0 Å². The van der Waals surface area contributed by atoms with E-state index in [-0.39, 0.29) is 17.8 Å². The summed E-state index contributed by atoms with van der Waals surface area (Å²) in [7, 11) is 1.27. The molecule has 18 heavy (non-hydrogen) atoms. The highest BCUT2D eigenvalue weighted by molar-refractivity contribution is 5.75. The molecule has 2 aromatic rings. The van der Waals surface area contributed by atoms with Gasteiger partial charge in [0.25, 0.3) is 11.3 Å². The average molecular weight is 251 g/mol. The maximum Gasteiger partial charge on any atom is 0.325 e. The number of hydrogen-bond donors (Lipinski definition) is 0. The fourth-order valence-electron chi connectivity index (χ4n) is 1.74. The van der Waals surface area contributed by atoms with Gasteiger partial charge in [0.15, 0.2) is 0 Å². The summed E-state index contributed by atoms with van der Waals surface area (Å²) in [6.07, 6.45) is 0.502. The van der Waals surface area contributed by atoms with E-state index in [2.05, 4.69) is 14.9 Å². The molecule has 0 fully saturated rings. The molecule has 2 aromatic heterocycles. The number of carbonyl (C=O) groups is 1. The Labute approximate surface area is 102 Å². The van der Waals surface area contributed by atoms with Gasteiger partial charge in [-0.2, -0.15) is 4.98 Å². The van der Waals surface area contributed by atoms with Crippen molar-refractivity contribution < 1.29 is 14.1 Å². The number of ether oxygens (including phenoxy) is 1. The van der Waals surface area contributed by atoms with Crippen molar-refractivity contribution in [3.63, 3.8) is 0 Å². The largest absolute Gasteiger partial charge is 0.468 e. The molecule has 0 saturated carbocycles. The van der Waals surface area contributed by atoms with Crippen molar-refractivity contribution in [3.05, 3.63) is 21.9 Å². The molecule has 0 aliphatic heterocycles. The first-order valence-electron chi connectivity index (χ1n) is 5.51. The van der Waals surface area contributed by atoms with E-state index in [1.165, 1.54) is 11.7 Å². The van der Waals surface area contributed by atoms with E-state index in [1.807, 2.05) is 6.92 Å². The van der Waals surface area contributed by atoms with Crippen LogP contribution in [0.5, 0.6) is 0 Å². The molecule has 7 heteroatoms. The molecule has 0 aromatic carbocycles. The first-order valence-corrected chi connectivity index (χ1v) is 5.51. The van der Waals surface area contributed by atoms with Crippen molar-refractivity contribution in [1.29, 1.82) is 0 Å². The van der Waals surface area contributed by atoms with Crippen LogP contribution in [0.15, 0.2) is 9.32 Å². The Morgan fingerprint density at radius 3 is 2.83 bits per heavy atom. The third kappa shape index (κ3) is 1.87. The average Bonchev–Trinajstić information content (AvgIpc) is 2.73. The Morgan fingerprint density at radius 1 is 1.50 bits per heavy atom. The Balaban J connectivity index is 2.69. The molecule has 0 N–H and O–H groups in total. The molecule has 0 aliphatic rings. The molecule has 0 aliphatic carbocycles. The molecule has 0 atom stereocenters. The summed E-state index contributed by atoms with van der Waals surface area (Å²) in [5.41, 5.74) is 0.334. The van der Waals surface area contributed by atoms with Gasteiger partial charge < -0.3 is 9.26 Å². The fourth-order valence-corrected chi connectivity index (χ4v) is 1.74. The van der Waals surface area contributed by atoms with Crippen LogP contribution in [0.3, 0.4) is 0 Å². The zero-order chi connectivity index (χ0) is 13.3. The van der Waals surface area contributed by atoms with Crippen LogP contribution >= 0.6 is 0 Å². The third-order valence-electron chi connectivity index (χ3n) is 2.68. The monoisotopic (exact) mass is 251 g/mol. The van der Waals surface area contributed by atoms with Crippen LogP contribution < -0.4 is 5.56 Å². The van der Waals surface area contributed by atoms with Crippen LogP contribution in [0.2, 0.25) is 0 Å². The van der Waals surface area contributed by atoms with Gasteiger partial charge in [-0.3, -0.25) is 14.2 Å². The first-order chi connectivity index (χ1) is 8.58. The number of aryl methyl sites for hydroxylation is 2. The topological polar surface area (TPSA) is 87.2 Å². The predicted octanol–water partition coefficient (Wildman–Crippen LogP) is 0.428. The number of nitrogens with zero attached hydrogens (tertiary/aromatic N) is 3. The quantitative estimate of drug-likeness (QED) is 0.735. The molecular weight excluding hydrogens is 238 g/mol. The molecule has 0 amide bonds. The van der Waals surface area contributed by atoms with Gasteiger partial charge in [-0.25, -0.2) is 0 Å². The van der Waals surface area contributed by atoms with Crippen molar-refractivity contribution in [2.45, 2.75) is 26.8 Å². The van der Waals surface area contributed by atoms with Gasteiger partial charge in [0.2, 0.25) is 0 Å². The van der Waals surface area contributed by atoms with Gasteiger partial charge >= 0.3 is 5.97 Å². The molecule has 96 valence electrons. The second kappa shape index (κ2) is 4.59. The van der Waals surface area contributed by atoms with Gasteiger partial charge in [0.05, 0.1) is 12.8 Å². The lowest BCUT2D eigenvalue weighted by atomic mass is 10.3. The summed E-state index contributed by atoms with van der Waals surface area (Å²) < 4.78 is 10.8. The Kier molecular flexibility index (Phi) is 3.14. The molecule has 0 spiro atoms. The molecule has 2 rings (SSSR count). The molecule has 0 radical (unpaired) electrons. The van der Waals surface area contributed by atoms with E-state index in [0.717, 1.165) is 0 Å². The minimum Gasteiger partial charge on any atom is -0.468 e. The molecule has 2 heterocycles. The number of rotatable bonds is 3. The van der Waals surface area contributed by atoms with Crippen molar-refractivity contribution in [2.75, 3.05) is 7.11 Å². The minimum absolute atomic E-state index is 0.161. The normalized spacial score (nSPS) is 10.8. The number of esters is 1. The van der Waals surface area contributed by atoms with Crippen LogP contribution in [-0.4, -0.2) is 27.8 Å². The van der Waals surface area contributed by atoms with Crippen molar-refractivity contribution in [2.24, 2.45) is 0 Å². The van der Waals surface area contributed by atoms with E-state index >= 15 is 0 Å². The van der Waals surface area contributed by atoms with Gasteiger partial charge in [0, 0.05) is 6.42 Å². The van der Waals surface area contributed by atoms with Gasteiger partial charge in [0.1, 0.15) is 17.8 Å². The summed E-state index contributed by atoms with van der Waals surface area (Å²) in [6.45, 7) is 3.33. The maximum absolute atomic E-state index is 12.3. The molecule has 0 bridgehead atoms. The second-order valence-electron chi connectivity index (χ2n) is 3.80. The Hall–Kier alpha value is -2.18. The summed E-state index contributed by atoms with van der Waals surface area (Å²) in [5.74, 6) is -0.0314. The van der Waals surface area contributed by atoms with Crippen LogP contribution in [0.1, 0.15) is 18.4 Å². The summed E-state index contributed by atoms with van der Waals surface area (Å²) in [4.78, 5) is 27.8. The second-order valence-corrected chi connectivity index (χ2v) is 3.80. The SMILES string of the molecule is CCc1nc2onc(C)c2c(=O)n1CC(=O)OC. The zero-order valence-corrected chi connectivity index (χ0v) is 10.4. The van der Waals surface area contributed by atoms with Gasteiger partial charge in [-0.1, -0.05) is 12.1 Å². The van der Waals surface area contributed by atoms with Crippen molar-refractivity contribution in [3.8, 4) is 0 Å². The van der Waals surface area contributed by atoms with Crippen LogP contribution in [0.25, 0.3) is 11.1 Å². The minimum atomic E-state index is -0.498. The summed E-state index contributed by atoms with van der Waals surface area (Å²) >= 11 is 0. The van der Waals surface area contributed by atoms with E-state index < -0.39 is 5.97 Å². The lowest BCUT2D eigenvalue weighted by molar-refractivity contribution is -0.141. The number of aromatic nitrogens is 3. The lowest BCUT2D eigenvalue weighted by Crippen LogP contribution is -2.29. The number of methoxy groups -OCH3 is 1.